The molecule has 3 rings (SSSR count). The van der Waals surface area contributed by atoms with Crippen molar-refractivity contribution in [2.75, 3.05) is 27.2 Å². The van der Waals surface area contributed by atoms with Crippen LogP contribution in [-0.2, 0) is 16.0 Å². The van der Waals surface area contributed by atoms with E-state index in [1.54, 1.807) is 4.90 Å². The highest BCUT2D eigenvalue weighted by Gasteiger charge is 2.44. The lowest BCUT2D eigenvalue weighted by atomic mass is 9.72. The zero-order chi connectivity index (χ0) is 21.9. The third-order valence-electron chi connectivity index (χ3n) is 6.11. The Bertz CT molecular complexity index is 871. The molecule has 1 heterocycles. The Hall–Kier alpha value is -2.62. The van der Waals surface area contributed by atoms with Crippen LogP contribution in [0.2, 0.25) is 0 Å². The zero-order valence-corrected chi connectivity index (χ0v) is 18.9. The minimum absolute atomic E-state index is 0.164. The molecular weight excluding hydrogens is 372 g/mol. The number of rotatable bonds is 4. The fourth-order valence-corrected chi connectivity index (χ4v) is 4.39. The van der Waals surface area contributed by atoms with E-state index in [9.17, 15) is 9.59 Å². The summed E-state index contributed by atoms with van der Waals surface area (Å²) in [6.45, 7) is 7.14. The molecule has 30 heavy (non-hydrogen) atoms. The van der Waals surface area contributed by atoms with Crippen molar-refractivity contribution in [1.29, 1.82) is 0 Å². The number of piperidine rings is 1. The summed E-state index contributed by atoms with van der Waals surface area (Å²) in [5.74, 6) is 0.332. The van der Waals surface area contributed by atoms with E-state index in [2.05, 4.69) is 36.4 Å². The van der Waals surface area contributed by atoms with Gasteiger partial charge in [-0.2, -0.15) is 0 Å². The van der Waals surface area contributed by atoms with E-state index in [4.69, 9.17) is 0 Å². The maximum Gasteiger partial charge on any atom is 0.228 e. The van der Waals surface area contributed by atoms with Crippen molar-refractivity contribution in [3.05, 3.63) is 60.2 Å². The van der Waals surface area contributed by atoms with Crippen molar-refractivity contribution in [1.82, 2.24) is 9.80 Å². The van der Waals surface area contributed by atoms with Crippen LogP contribution in [0.5, 0.6) is 0 Å². The highest BCUT2D eigenvalue weighted by Crippen LogP contribution is 2.38. The van der Waals surface area contributed by atoms with Gasteiger partial charge in [0.1, 0.15) is 0 Å². The first-order valence-corrected chi connectivity index (χ1v) is 10.8. The number of carbonyl (C=O) groups excluding carboxylic acids is 2. The number of carbonyl (C=O) groups is 2. The largest absolute Gasteiger partial charge is 0.348 e. The lowest BCUT2D eigenvalue weighted by Gasteiger charge is -2.43. The zero-order valence-electron chi connectivity index (χ0n) is 18.9. The second-order valence-electron chi connectivity index (χ2n) is 9.76. The molecule has 0 aromatic heterocycles. The van der Waals surface area contributed by atoms with Crippen LogP contribution in [0.3, 0.4) is 0 Å². The van der Waals surface area contributed by atoms with E-state index in [1.807, 2.05) is 58.0 Å². The average Bonchev–Trinajstić information content (AvgIpc) is 2.73. The lowest BCUT2D eigenvalue weighted by Crippen LogP contribution is -2.52. The van der Waals surface area contributed by atoms with E-state index in [1.165, 1.54) is 16.7 Å². The molecule has 1 aliphatic rings. The SMILES string of the molecule is CN(C)C(=O)C1(Cc2ccc(-c3ccccc3)cc2)CCN(C(=O)C(C)(C)C)CC1. The van der Waals surface area contributed by atoms with Gasteiger partial charge in [-0.25, -0.2) is 0 Å². The fraction of sp³-hybridized carbons (Fsp3) is 0.462. The number of likely N-dealkylation sites (tertiary alicyclic amines) is 1. The Morgan fingerprint density at radius 1 is 0.900 bits per heavy atom. The number of hydrogen-bond donors (Lipinski definition) is 0. The number of benzene rings is 2. The first-order chi connectivity index (χ1) is 14.1. The smallest absolute Gasteiger partial charge is 0.228 e. The van der Waals surface area contributed by atoms with Crippen LogP contribution in [0.4, 0.5) is 0 Å². The second kappa shape index (κ2) is 8.63. The van der Waals surface area contributed by atoms with Gasteiger partial charge in [-0.15, -0.1) is 0 Å². The normalized spacial score (nSPS) is 16.2. The molecule has 0 bridgehead atoms. The molecule has 0 N–H and O–H groups in total. The van der Waals surface area contributed by atoms with E-state index in [0.29, 0.717) is 32.4 Å². The molecule has 0 spiro atoms. The summed E-state index contributed by atoms with van der Waals surface area (Å²) in [7, 11) is 3.66. The van der Waals surface area contributed by atoms with Crippen LogP contribution in [0.25, 0.3) is 11.1 Å². The molecule has 1 fully saturated rings. The van der Waals surface area contributed by atoms with Crippen molar-refractivity contribution < 1.29 is 9.59 Å². The fourth-order valence-electron chi connectivity index (χ4n) is 4.39. The van der Waals surface area contributed by atoms with Gasteiger partial charge in [0.05, 0.1) is 5.41 Å². The standard InChI is InChI=1S/C26H34N2O2/c1-25(2,3)23(29)28-17-15-26(16-18-28,24(30)27(4)5)19-20-11-13-22(14-12-20)21-9-7-6-8-10-21/h6-14H,15-19H2,1-5H3. The van der Waals surface area contributed by atoms with Gasteiger partial charge in [-0.1, -0.05) is 75.4 Å². The van der Waals surface area contributed by atoms with E-state index in [0.717, 1.165) is 0 Å². The molecule has 1 aliphatic heterocycles. The van der Waals surface area contributed by atoms with Crippen LogP contribution in [0.15, 0.2) is 54.6 Å². The summed E-state index contributed by atoms with van der Waals surface area (Å²) < 4.78 is 0. The van der Waals surface area contributed by atoms with Crippen LogP contribution in [0, 0.1) is 10.8 Å². The van der Waals surface area contributed by atoms with Crippen molar-refractivity contribution in [3.63, 3.8) is 0 Å². The van der Waals surface area contributed by atoms with Gasteiger partial charge in [-0.3, -0.25) is 9.59 Å². The van der Waals surface area contributed by atoms with Crippen molar-refractivity contribution in [2.45, 2.75) is 40.0 Å². The van der Waals surface area contributed by atoms with E-state index >= 15 is 0 Å². The van der Waals surface area contributed by atoms with Crippen LogP contribution in [-0.4, -0.2) is 48.8 Å². The number of nitrogens with zero attached hydrogens (tertiary/aromatic N) is 2. The van der Waals surface area contributed by atoms with Gasteiger partial charge in [-0.05, 0) is 36.0 Å². The van der Waals surface area contributed by atoms with Gasteiger partial charge in [0.15, 0.2) is 0 Å². The van der Waals surface area contributed by atoms with E-state index in [-0.39, 0.29) is 11.8 Å². The topological polar surface area (TPSA) is 40.6 Å². The Labute approximate surface area is 180 Å². The molecule has 0 radical (unpaired) electrons. The minimum Gasteiger partial charge on any atom is -0.348 e. The molecular formula is C26H34N2O2. The Kier molecular flexibility index (Phi) is 6.35. The molecule has 2 amide bonds. The monoisotopic (exact) mass is 406 g/mol. The maximum absolute atomic E-state index is 13.2. The third kappa shape index (κ3) is 4.75. The predicted octanol–water partition coefficient (Wildman–Crippen LogP) is 4.64. The maximum atomic E-state index is 13.2. The van der Waals surface area contributed by atoms with Crippen LogP contribution < -0.4 is 0 Å². The number of hydrogen-bond acceptors (Lipinski definition) is 2. The molecule has 4 heteroatoms. The lowest BCUT2D eigenvalue weighted by molar-refractivity contribution is -0.149. The molecule has 160 valence electrons. The minimum atomic E-state index is -0.452. The van der Waals surface area contributed by atoms with Crippen LogP contribution >= 0.6 is 0 Å². The average molecular weight is 407 g/mol. The Balaban J connectivity index is 1.79. The van der Waals surface area contributed by atoms with E-state index < -0.39 is 10.8 Å². The molecule has 0 unspecified atom stereocenters. The highest BCUT2D eigenvalue weighted by atomic mass is 16.2. The first-order valence-electron chi connectivity index (χ1n) is 10.8. The van der Waals surface area contributed by atoms with Gasteiger partial charge < -0.3 is 9.80 Å². The van der Waals surface area contributed by atoms with Crippen molar-refractivity contribution >= 4 is 11.8 Å². The summed E-state index contributed by atoms with van der Waals surface area (Å²) in [6, 6.07) is 18.9. The summed E-state index contributed by atoms with van der Waals surface area (Å²) in [5, 5.41) is 0. The molecule has 0 aliphatic carbocycles. The molecule has 0 atom stereocenters. The predicted molar refractivity (Wildman–Crippen MR) is 122 cm³/mol. The van der Waals surface area contributed by atoms with Crippen LogP contribution in [0.1, 0.15) is 39.2 Å². The first kappa shape index (κ1) is 22.1. The quantitative estimate of drug-likeness (QED) is 0.742. The molecule has 2 aromatic rings. The van der Waals surface area contributed by atoms with Crippen molar-refractivity contribution in [3.8, 4) is 11.1 Å². The summed E-state index contributed by atoms with van der Waals surface area (Å²) in [4.78, 5) is 29.5. The summed E-state index contributed by atoms with van der Waals surface area (Å²) >= 11 is 0. The second-order valence-corrected chi connectivity index (χ2v) is 9.76. The number of amides is 2. The Morgan fingerprint density at radius 3 is 1.93 bits per heavy atom. The molecule has 2 aromatic carbocycles. The molecule has 1 saturated heterocycles. The molecule has 0 saturated carbocycles. The van der Waals surface area contributed by atoms with Gasteiger partial charge in [0.2, 0.25) is 11.8 Å². The Morgan fingerprint density at radius 2 is 1.43 bits per heavy atom. The summed E-state index contributed by atoms with van der Waals surface area (Å²) in [5.41, 5.74) is 2.70. The molecule has 4 nitrogen and oxygen atoms in total. The van der Waals surface area contributed by atoms with Crippen molar-refractivity contribution in [2.24, 2.45) is 10.8 Å². The third-order valence-corrected chi connectivity index (χ3v) is 6.11. The summed E-state index contributed by atoms with van der Waals surface area (Å²) in [6.07, 6.45) is 2.11. The van der Waals surface area contributed by atoms with Gasteiger partial charge in [0.25, 0.3) is 0 Å². The van der Waals surface area contributed by atoms with Gasteiger partial charge in [0, 0.05) is 32.6 Å². The van der Waals surface area contributed by atoms with Gasteiger partial charge >= 0.3 is 0 Å². The highest BCUT2D eigenvalue weighted by molar-refractivity contribution is 5.84.